The van der Waals surface area contributed by atoms with E-state index in [4.69, 9.17) is 4.42 Å². The highest BCUT2D eigenvalue weighted by Gasteiger charge is 2.44. The van der Waals surface area contributed by atoms with E-state index >= 15 is 0 Å². The molecule has 1 amide bonds. The molecule has 0 aromatic carbocycles. The predicted molar refractivity (Wildman–Crippen MR) is 63.0 cm³/mol. The molecule has 0 saturated carbocycles. The number of hydrogen-bond donors (Lipinski definition) is 2. The van der Waals surface area contributed by atoms with Gasteiger partial charge in [0.05, 0.1) is 0 Å². The SMILES string of the molecule is CCN=C1NC(=O)C(C)(c2ccc(Br)o2)N1. The Labute approximate surface area is 101 Å². The summed E-state index contributed by atoms with van der Waals surface area (Å²) >= 11 is 3.21. The van der Waals surface area contributed by atoms with E-state index in [1.165, 1.54) is 0 Å². The molecule has 2 heterocycles. The fraction of sp³-hybridized carbons (Fsp3) is 0.400. The van der Waals surface area contributed by atoms with Crippen LogP contribution in [0.4, 0.5) is 0 Å². The first-order valence-electron chi connectivity index (χ1n) is 4.96. The molecule has 1 aliphatic rings. The maximum atomic E-state index is 11.9. The number of guanidine groups is 1. The van der Waals surface area contributed by atoms with Crippen molar-refractivity contribution in [2.75, 3.05) is 6.54 Å². The lowest BCUT2D eigenvalue weighted by Crippen LogP contribution is -2.40. The summed E-state index contributed by atoms with van der Waals surface area (Å²) in [5.74, 6) is 0.877. The van der Waals surface area contributed by atoms with Gasteiger partial charge in [-0.3, -0.25) is 15.1 Å². The molecule has 16 heavy (non-hydrogen) atoms. The first-order valence-corrected chi connectivity index (χ1v) is 5.75. The Morgan fingerprint density at radius 1 is 1.56 bits per heavy atom. The van der Waals surface area contributed by atoms with Gasteiger partial charge in [0, 0.05) is 6.54 Å². The van der Waals surface area contributed by atoms with Gasteiger partial charge >= 0.3 is 0 Å². The van der Waals surface area contributed by atoms with Gasteiger partial charge in [-0.1, -0.05) is 0 Å². The van der Waals surface area contributed by atoms with Crippen LogP contribution >= 0.6 is 15.9 Å². The number of nitrogens with zero attached hydrogens (tertiary/aromatic N) is 1. The number of hydrogen-bond acceptors (Lipinski definition) is 3. The van der Waals surface area contributed by atoms with Crippen molar-refractivity contribution >= 4 is 27.8 Å². The normalized spacial score (nSPS) is 26.9. The summed E-state index contributed by atoms with van der Waals surface area (Å²) in [6.07, 6.45) is 0. The van der Waals surface area contributed by atoms with Gasteiger partial charge in [-0.25, -0.2) is 0 Å². The molecular weight excluding hydrogens is 274 g/mol. The summed E-state index contributed by atoms with van der Waals surface area (Å²) in [7, 11) is 0. The van der Waals surface area contributed by atoms with E-state index in [0.717, 1.165) is 0 Å². The van der Waals surface area contributed by atoms with E-state index in [2.05, 4.69) is 31.6 Å². The quantitative estimate of drug-likeness (QED) is 0.862. The molecule has 1 atom stereocenters. The second kappa shape index (κ2) is 3.93. The third-order valence-corrected chi connectivity index (χ3v) is 2.86. The van der Waals surface area contributed by atoms with Crippen molar-refractivity contribution in [1.29, 1.82) is 0 Å². The molecule has 5 nitrogen and oxygen atoms in total. The average molecular weight is 286 g/mol. The van der Waals surface area contributed by atoms with Gasteiger partial charge in [0.15, 0.2) is 16.2 Å². The first-order chi connectivity index (χ1) is 7.56. The van der Waals surface area contributed by atoms with Gasteiger partial charge in [-0.05, 0) is 41.9 Å². The minimum atomic E-state index is -0.889. The molecule has 1 aromatic heterocycles. The van der Waals surface area contributed by atoms with Gasteiger partial charge in [0.2, 0.25) is 0 Å². The van der Waals surface area contributed by atoms with E-state index in [0.29, 0.717) is 22.9 Å². The average Bonchev–Trinajstić information content (AvgIpc) is 2.75. The van der Waals surface area contributed by atoms with Gasteiger partial charge in [0.1, 0.15) is 5.76 Å². The van der Waals surface area contributed by atoms with Crippen molar-refractivity contribution in [2.24, 2.45) is 4.99 Å². The molecule has 1 aliphatic heterocycles. The molecule has 1 fully saturated rings. The summed E-state index contributed by atoms with van der Waals surface area (Å²) in [6.45, 7) is 4.27. The van der Waals surface area contributed by atoms with Crippen molar-refractivity contribution in [3.05, 3.63) is 22.6 Å². The van der Waals surface area contributed by atoms with Gasteiger partial charge < -0.3 is 9.73 Å². The van der Waals surface area contributed by atoms with Crippen molar-refractivity contribution in [3.8, 4) is 0 Å². The highest BCUT2D eigenvalue weighted by atomic mass is 79.9. The van der Waals surface area contributed by atoms with Crippen LogP contribution in [0.3, 0.4) is 0 Å². The monoisotopic (exact) mass is 285 g/mol. The van der Waals surface area contributed by atoms with E-state index in [1.807, 2.05) is 6.92 Å². The van der Waals surface area contributed by atoms with Crippen LogP contribution in [0.15, 0.2) is 26.2 Å². The zero-order valence-electron chi connectivity index (χ0n) is 9.00. The van der Waals surface area contributed by atoms with Crippen LogP contribution in [0, 0.1) is 0 Å². The molecule has 6 heteroatoms. The Morgan fingerprint density at radius 3 is 2.88 bits per heavy atom. The summed E-state index contributed by atoms with van der Waals surface area (Å²) in [6, 6.07) is 3.51. The fourth-order valence-corrected chi connectivity index (χ4v) is 1.86. The third kappa shape index (κ3) is 1.73. The predicted octanol–water partition coefficient (Wildman–Crippen LogP) is 1.35. The van der Waals surface area contributed by atoms with Crippen LogP contribution in [0.5, 0.6) is 0 Å². The lowest BCUT2D eigenvalue weighted by atomic mass is 10.00. The molecule has 0 radical (unpaired) electrons. The summed E-state index contributed by atoms with van der Waals surface area (Å²) in [4.78, 5) is 16.0. The molecule has 1 aromatic rings. The molecule has 0 aliphatic carbocycles. The zero-order valence-corrected chi connectivity index (χ0v) is 10.6. The number of aliphatic imine (C=N–C) groups is 1. The number of amides is 1. The minimum absolute atomic E-state index is 0.165. The van der Waals surface area contributed by atoms with Crippen LogP contribution in [0.25, 0.3) is 0 Å². The third-order valence-electron chi connectivity index (χ3n) is 2.44. The Balaban J connectivity index is 2.33. The van der Waals surface area contributed by atoms with Crippen molar-refractivity contribution in [1.82, 2.24) is 10.6 Å². The Hall–Kier alpha value is -1.30. The molecule has 2 rings (SSSR count). The van der Waals surface area contributed by atoms with Crippen LogP contribution in [-0.2, 0) is 10.3 Å². The Morgan fingerprint density at radius 2 is 2.31 bits per heavy atom. The van der Waals surface area contributed by atoms with E-state index < -0.39 is 5.54 Å². The smallest absolute Gasteiger partial charge is 0.260 e. The number of nitrogens with one attached hydrogen (secondary N) is 2. The van der Waals surface area contributed by atoms with Gasteiger partial charge in [0.25, 0.3) is 5.91 Å². The lowest BCUT2D eigenvalue weighted by molar-refractivity contribution is -0.124. The minimum Gasteiger partial charge on any atom is -0.451 e. The van der Waals surface area contributed by atoms with Crippen molar-refractivity contribution in [2.45, 2.75) is 19.4 Å². The van der Waals surface area contributed by atoms with Crippen molar-refractivity contribution in [3.63, 3.8) is 0 Å². The lowest BCUT2D eigenvalue weighted by Gasteiger charge is -2.17. The zero-order chi connectivity index (χ0) is 11.8. The highest BCUT2D eigenvalue weighted by molar-refractivity contribution is 9.10. The van der Waals surface area contributed by atoms with Crippen LogP contribution in [0.1, 0.15) is 19.6 Å². The van der Waals surface area contributed by atoms with Crippen LogP contribution in [0.2, 0.25) is 0 Å². The van der Waals surface area contributed by atoms with Crippen LogP contribution < -0.4 is 10.6 Å². The maximum Gasteiger partial charge on any atom is 0.260 e. The molecular formula is C10H12BrN3O2. The fourth-order valence-electron chi connectivity index (χ4n) is 1.55. The van der Waals surface area contributed by atoms with Gasteiger partial charge in [-0.2, -0.15) is 0 Å². The number of halogens is 1. The largest absolute Gasteiger partial charge is 0.451 e. The summed E-state index contributed by atoms with van der Waals surface area (Å²) in [5.41, 5.74) is -0.889. The van der Waals surface area contributed by atoms with E-state index in [1.54, 1.807) is 19.1 Å². The van der Waals surface area contributed by atoms with E-state index in [9.17, 15) is 4.79 Å². The number of carbonyl (C=O) groups is 1. The molecule has 1 unspecified atom stereocenters. The molecule has 86 valence electrons. The first kappa shape index (κ1) is 11.2. The highest BCUT2D eigenvalue weighted by Crippen LogP contribution is 2.27. The summed E-state index contributed by atoms with van der Waals surface area (Å²) in [5, 5.41) is 5.70. The number of furan rings is 1. The molecule has 0 spiro atoms. The summed E-state index contributed by atoms with van der Waals surface area (Å²) < 4.78 is 6.00. The molecule has 1 saturated heterocycles. The van der Waals surface area contributed by atoms with Gasteiger partial charge in [-0.15, -0.1) is 0 Å². The Bertz CT molecular complexity index is 455. The van der Waals surface area contributed by atoms with E-state index in [-0.39, 0.29) is 5.91 Å². The second-order valence-electron chi connectivity index (χ2n) is 3.63. The second-order valence-corrected chi connectivity index (χ2v) is 4.41. The Kier molecular flexibility index (Phi) is 2.75. The molecule has 2 N–H and O–H groups in total. The van der Waals surface area contributed by atoms with Crippen LogP contribution in [-0.4, -0.2) is 18.4 Å². The maximum absolute atomic E-state index is 11.9. The topological polar surface area (TPSA) is 66.6 Å². The number of carbonyl (C=O) groups excluding carboxylic acids is 1. The van der Waals surface area contributed by atoms with Crippen molar-refractivity contribution < 1.29 is 9.21 Å². The standard InChI is InChI=1S/C10H12BrN3O2/c1-3-12-9-13-8(15)10(2,14-9)6-4-5-7(11)16-6/h4-5H,3H2,1-2H3,(H2,12,13,14,15). The number of rotatable bonds is 2. The molecule has 0 bridgehead atoms.